The Kier molecular flexibility index (Phi) is 7.03. The molecule has 1 aliphatic heterocycles. The van der Waals surface area contributed by atoms with Gasteiger partial charge in [-0.25, -0.2) is 0 Å². The van der Waals surface area contributed by atoms with Crippen molar-refractivity contribution >= 4 is 17.5 Å². The monoisotopic (exact) mass is 319 g/mol. The Bertz CT molecular complexity index is 501. The third-order valence-electron chi connectivity index (χ3n) is 3.86. The molecule has 6 heteroatoms. The second-order valence-corrected chi connectivity index (χ2v) is 5.56. The number of benzene rings is 1. The van der Waals surface area contributed by atoms with Crippen LogP contribution in [0.15, 0.2) is 30.3 Å². The fraction of sp³-hybridized carbons (Fsp3) is 0.529. The predicted molar refractivity (Wildman–Crippen MR) is 89.4 cm³/mol. The summed E-state index contributed by atoms with van der Waals surface area (Å²) in [6.45, 7) is 6.74. The van der Waals surface area contributed by atoms with Crippen LogP contribution in [-0.2, 0) is 14.3 Å². The van der Waals surface area contributed by atoms with E-state index in [0.717, 1.165) is 38.5 Å². The van der Waals surface area contributed by atoms with Crippen LogP contribution >= 0.6 is 0 Å². The Morgan fingerprint density at radius 3 is 2.57 bits per heavy atom. The summed E-state index contributed by atoms with van der Waals surface area (Å²) in [5.41, 5.74) is 0.820. The van der Waals surface area contributed by atoms with Crippen molar-refractivity contribution in [2.75, 3.05) is 50.8 Å². The van der Waals surface area contributed by atoms with Crippen molar-refractivity contribution in [3.05, 3.63) is 30.3 Å². The summed E-state index contributed by atoms with van der Waals surface area (Å²) in [7, 11) is 0. The van der Waals surface area contributed by atoms with E-state index in [9.17, 15) is 9.59 Å². The van der Waals surface area contributed by atoms with Crippen molar-refractivity contribution in [1.82, 2.24) is 10.2 Å². The summed E-state index contributed by atoms with van der Waals surface area (Å²) in [4.78, 5) is 27.6. The molecular formula is C17H25N3O3. The van der Waals surface area contributed by atoms with Gasteiger partial charge >= 0.3 is 0 Å². The third-order valence-corrected chi connectivity index (χ3v) is 3.86. The highest BCUT2D eigenvalue weighted by Gasteiger charge is 2.14. The van der Waals surface area contributed by atoms with Crippen molar-refractivity contribution in [1.29, 1.82) is 0 Å². The number of nitrogens with one attached hydrogen (secondary N) is 1. The molecule has 1 aromatic carbocycles. The summed E-state index contributed by atoms with van der Waals surface area (Å²) in [6, 6.07) is 9.41. The van der Waals surface area contributed by atoms with Crippen LogP contribution in [0.25, 0.3) is 0 Å². The molecule has 6 nitrogen and oxygen atoms in total. The van der Waals surface area contributed by atoms with E-state index >= 15 is 0 Å². The fourth-order valence-electron chi connectivity index (χ4n) is 2.56. The lowest BCUT2D eigenvalue weighted by molar-refractivity contribution is -0.121. The number of nitrogens with zero attached hydrogens (tertiary/aromatic N) is 2. The lowest BCUT2D eigenvalue weighted by Gasteiger charge is -2.26. The Labute approximate surface area is 137 Å². The summed E-state index contributed by atoms with van der Waals surface area (Å²) in [5.74, 6) is -0.0854. The van der Waals surface area contributed by atoms with Gasteiger partial charge in [-0.2, -0.15) is 0 Å². The van der Waals surface area contributed by atoms with Crippen molar-refractivity contribution in [3.8, 4) is 0 Å². The first-order chi connectivity index (χ1) is 11.2. The Morgan fingerprint density at radius 1 is 1.22 bits per heavy atom. The lowest BCUT2D eigenvalue weighted by Crippen LogP contribution is -2.42. The molecule has 23 heavy (non-hydrogen) atoms. The minimum Gasteiger partial charge on any atom is -0.379 e. The topological polar surface area (TPSA) is 61.9 Å². The molecule has 1 N–H and O–H groups in total. The maximum atomic E-state index is 12.0. The molecule has 0 aliphatic carbocycles. The maximum Gasteiger partial charge on any atom is 0.223 e. The Balaban J connectivity index is 1.70. The summed E-state index contributed by atoms with van der Waals surface area (Å²) < 4.78 is 5.29. The van der Waals surface area contributed by atoms with Gasteiger partial charge in [0.1, 0.15) is 0 Å². The van der Waals surface area contributed by atoms with Crippen molar-refractivity contribution in [3.63, 3.8) is 0 Å². The van der Waals surface area contributed by atoms with E-state index < -0.39 is 0 Å². The molecule has 0 spiro atoms. The second-order valence-electron chi connectivity index (χ2n) is 5.56. The van der Waals surface area contributed by atoms with Gasteiger partial charge in [-0.05, 0) is 12.1 Å². The summed E-state index contributed by atoms with van der Waals surface area (Å²) in [6.07, 6.45) is 0.303. The van der Waals surface area contributed by atoms with Crippen LogP contribution in [0.5, 0.6) is 0 Å². The molecule has 1 aromatic rings. The molecular weight excluding hydrogens is 294 g/mol. The van der Waals surface area contributed by atoms with E-state index in [1.54, 1.807) is 4.90 Å². The number of carbonyl (C=O) groups is 2. The van der Waals surface area contributed by atoms with E-state index in [4.69, 9.17) is 4.74 Å². The summed E-state index contributed by atoms with van der Waals surface area (Å²) in [5, 5.41) is 2.92. The number of carbonyl (C=O) groups excluding carboxylic acids is 2. The zero-order chi connectivity index (χ0) is 16.5. The second kappa shape index (κ2) is 9.27. The van der Waals surface area contributed by atoms with Gasteiger partial charge in [-0.3, -0.25) is 14.5 Å². The normalized spacial score (nSPS) is 15.2. The molecule has 0 aromatic heterocycles. The number of para-hydroxylation sites is 1. The van der Waals surface area contributed by atoms with Crippen LogP contribution in [0.3, 0.4) is 0 Å². The number of morpholine rings is 1. The highest BCUT2D eigenvalue weighted by atomic mass is 16.5. The van der Waals surface area contributed by atoms with Gasteiger partial charge in [-0.1, -0.05) is 18.2 Å². The Morgan fingerprint density at radius 2 is 1.91 bits per heavy atom. The van der Waals surface area contributed by atoms with Gasteiger partial charge in [0, 0.05) is 51.8 Å². The number of ether oxygens (including phenoxy) is 1. The largest absolute Gasteiger partial charge is 0.379 e. The molecule has 0 bridgehead atoms. The van der Waals surface area contributed by atoms with Gasteiger partial charge in [0.05, 0.1) is 13.2 Å². The molecule has 0 saturated carbocycles. The highest BCUT2D eigenvalue weighted by molar-refractivity contribution is 5.92. The average molecular weight is 319 g/mol. The number of anilines is 1. The Hall–Kier alpha value is -1.92. The molecule has 0 radical (unpaired) electrons. The first kappa shape index (κ1) is 17.4. The van der Waals surface area contributed by atoms with Crippen LogP contribution in [0.4, 0.5) is 5.69 Å². The molecule has 1 fully saturated rings. The number of hydrogen-bond acceptors (Lipinski definition) is 4. The van der Waals surface area contributed by atoms with Gasteiger partial charge in [0.15, 0.2) is 0 Å². The lowest BCUT2D eigenvalue weighted by atomic mass is 10.2. The SMILES string of the molecule is CC(=O)N(CCC(=O)NCCN1CCOCC1)c1ccccc1. The number of amides is 2. The van der Waals surface area contributed by atoms with Crippen LogP contribution in [-0.4, -0.2) is 62.7 Å². The van der Waals surface area contributed by atoms with Gasteiger partial charge in [-0.15, -0.1) is 0 Å². The maximum absolute atomic E-state index is 12.0. The van der Waals surface area contributed by atoms with Gasteiger partial charge in [0.25, 0.3) is 0 Å². The minimum atomic E-state index is -0.0580. The van der Waals surface area contributed by atoms with Crippen molar-refractivity contribution < 1.29 is 14.3 Å². The third kappa shape index (κ3) is 6.00. The molecule has 1 aliphatic rings. The van der Waals surface area contributed by atoms with Crippen molar-refractivity contribution in [2.24, 2.45) is 0 Å². The summed E-state index contributed by atoms with van der Waals surface area (Å²) >= 11 is 0. The molecule has 2 amide bonds. The first-order valence-electron chi connectivity index (χ1n) is 8.07. The molecule has 1 heterocycles. The van der Waals surface area contributed by atoms with Crippen LogP contribution in [0.1, 0.15) is 13.3 Å². The minimum absolute atomic E-state index is 0.0274. The standard InChI is InChI=1S/C17H25N3O3/c1-15(21)20(16-5-3-2-4-6-16)9-7-17(22)18-8-10-19-11-13-23-14-12-19/h2-6H,7-14H2,1H3,(H,18,22). The number of rotatable bonds is 7. The van der Waals surface area contributed by atoms with Crippen LogP contribution < -0.4 is 10.2 Å². The predicted octanol–water partition coefficient (Wildman–Crippen LogP) is 0.878. The van der Waals surface area contributed by atoms with E-state index in [1.807, 2.05) is 30.3 Å². The smallest absolute Gasteiger partial charge is 0.223 e. The zero-order valence-electron chi connectivity index (χ0n) is 13.7. The van der Waals surface area contributed by atoms with E-state index in [2.05, 4.69) is 10.2 Å². The van der Waals surface area contributed by atoms with Crippen LogP contribution in [0.2, 0.25) is 0 Å². The first-order valence-corrected chi connectivity index (χ1v) is 8.07. The van der Waals surface area contributed by atoms with Gasteiger partial charge in [0.2, 0.25) is 11.8 Å². The number of hydrogen-bond donors (Lipinski definition) is 1. The fourth-order valence-corrected chi connectivity index (χ4v) is 2.56. The van der Waals surface area contributed by atoms with E-state index in [-0.39, 0.29) is 11.8 Å². The van der Waals surface area contributed by atoms with Crippen molar-refractivity contribution in [2.45, 2.75) is 13.3 Å². The molecule has 0 unspecified atom stereocenters. The van der Waals surface area contributed by atoms with Crippen LogP contribution in [0, 0.1) is 0 Å². The molecule has 0 atom stereocenters. The zero-order valence-corrected chi connectivity index (χ0v) is 13.7. The quantitative estimate of drug-likeness (QED) is 0.810. The average Bonchev–Trinajstić information content (AvgIpc) is 2.57. The molecule has 2 rings (SSSR count). The highest BCUT2D eigenvalue weighted by Crippen LogP contribution is 2.13. The molecule has 1 saturated heterocycles. The van der Waals surface area contributed by atoms with E-state index in [1.165, 1.54) is 6.92 Å². The van der Waals surface area contributed by atoms with Gasteiger partial charge < -0.3 is 15.0 Å². The van der Waals surface area contributed by atoms with E-state index in [0.29, 0.717) is 19.5 Å². The molecule has 126 valence electrons.